The minimum absolute atomic E-state index is 0.00735. The number of carbonyl (C=O) groups excluding carboxylic acids is 2. The number of nitrogens with zero attached hydrogens (tertiary/aromatic N) is 2. The first kappa shape index (κ1) is 17.9. The summed E-state index contributed by atoms with van der Waals surface area (Å²) >= 11 is 0. The van der Waals surface area contributed by atoms with E-state index in [1.54, 1.807) is 9.80 Å². The highest BCUT2D eigenvalue weighted by Gasteiger charge is 2.29. The summed E-state index contributed by atoms with van der Waals surface area (Å²) in [5, 5.41) is 3.15. The zero-order valence-corrected chi connectivity index (χ0v) is 14.9. The molecule has 6 heteroatoms. The van der Waals surface area contributed by atoms with Gasteiger partial charge >= 0.3 is 12.1 Å². The summed E-state index contributed by atoms with van der Waals surface area (Å²) in [4.78, 5) is 27.9. The van der Waals surface area contributed by atoms with Gasteiger partial charge in [-0.05, 0) is 39.5 Å². The van der Waals surface area contributed by atoms with Gasteiger partial charge in [0.15, 0.2) is 0 Å². The van der Waals surface area contributed by atoms with Crippen molar-refractivity contribution in [2.75, 3.05) is 26.2 Å². The monoisotopic (exact) mass is 325 g/mol. The van der Waals surface area contributed by atoms with E-state index >= 15 is 0 Å². The molecule has 0 spiro atoms. The van der Waals surface area contributed by atoms with E-state index in [-0.39, 0.29) is 12.1 Å². The van der Waals surface area contributed by atoms with Crippen LogP contribution in [0.4, 0.5) is 9.59 Å². The second-order valence-corrected chi connectivity index (χ2v) is 7.87. The second-order valence-electron chi connectivity index (χ2n) is 7.87. The number of nitrogens with one attached hydrogen (secondary N) is 1. The number of urea groups is 1. The summed E-state index contributed by atoms with van der Waals surface area (Å²) in [7, 11) is 0. The molecule has 0 aromatic rings. The normalized spacial score (nSPS) is 25.9. The molecule has 0 aromatic carbocycles. The molecule has 2 unspecified atom stereocenters. The molecule has 2 atom stereocenters. The molecular formula is C17H31N3O3. The average molecular weight is 325 g/mol. The van der Waals surface area contributed by atoms with Crippen molar-refractivity contribution in [3.8, 4) is 0 Å². The number of ether oxygens (including phenoxy) is 1. The summed E-state index contributed by atoms with van der Waals surface area (Å²) < 4.78 is 5.37. The minimum Gasteiger partial charge on any atom is -0.444 e. The fraction of sp³-hybridized carbons (Fsp3) is 0.882. The molecule has 1 N–H and O–H groups in total. The predicted molar refractivity (Wildman–Crippen MR) is 89.3 cm³/mol. The highest BCUT2D eigenvalue weighted by Crippen LogP contribution is 2.23. The molecule has 0 aromatic heterocycles. The molecule has 2 rings (SSSR count). The Balaban J connectivity index is 1.75. The third-order valence-electron chi connectivity index (χ3n) is 4.48. The molecule has 23 heavy (non-hydrogen) atoms. The van der Waals surface area contributed by atoms with Crippen molar-refractivity contribution in [2.24, 2.45) is 5.92 Å². The van der Waals surface area contributed by atoms with Gasteiger partial charge < -0.3 is 19.9 Å². The van der Waals surface area contributed by atoms with Crippen LogP contribution in [0.1, 0.15) is 53.4 Å². The molecule has 6 nitrogen and oxygen atoms in total. The first-order chi connectivity index (χ1) is 10.7. The van der Waals surface area contributed by atoms with E-state index in [0.717, 1.165) is 12.8 Å². The van der Waals surface area contributed by atoms with Crippen LogP contribution in [0.25, 0.3) is 0 Å². The standard InChI is InChI=1S/C17H31N3O3/c1-13-6-5-7-14(12-13)18-15(21)19-8-10-20(11-9-19)16(22)23-17(2,3)4/h13-14H,5-12H2,1-4H3,(H,18,21). The molecule has 0 radical (unpaired) electrons. The lowest BCUT2D eigenvalue weighted by Gasteiger charge is -2.37. The van der Waals surface area contributed by atoms with E-state index in [2.05, 4.69) is 12.2 Å². The van der Waals surface area contributed by atoms with E-state index in [4.69, 9.17) is 4.74 Å². The van der Waals surface area contributed by atoms with Crippen molar-refractivity contribution in [1.82, 2.24) is 15.1 Å². The maximum Gasteiger partial charge on any atom is 0.410 e. The van der Waals surface area contributed by atoms with E-state index in [1.165, 1.54) is 12.8 Å². The van der Waals surface area contributed by atoms with Gasteiger partial charge in [-0.3, -0.25) is 0 Å². The van der Waals surface area contributed by atoms with Crippen LogP contribution in [0.3, 0.4) is 0 Å². The van der Waals surface area contributed by atoms with Gasteiger partial charge in [0.1, 0.15) is 5.60 Å². The average Bonchev–Trinajstić information content (AvgIpc) is 2.45. The van der Waals surface area contributed by atoms with E-state index in [1.807, 2.05) is 20.8 Å². The van der Waals surface area contributed by atoms with Crippen molar-refractivity contribution < 1.29 is 14.3 Å². The van der Waals surface area contributed by atoms with Gasteiger partial charge in [0.25, 0.3) is 0 Å². The Labute approximate surface area is 139 Å². The topological polar surface area (TPSA) is 61.9 Å². The first-order valence-corrected chi connectivity index (χ1v) is 8.78. The summed E-state index contributed by atoms with van der Waals surface area (Å²) in [6, 6.07) is 0.308. The van der Waals surface area contributed by atoms with Gasteiger partial charge in [-0.1, -0.05) is 19.8 Å². The summed E-state index contributed by atoms with van der Waals surface area (Å²) in [6.07, 6.45) is 4.32. The predicted octanol–water partition coefficient (Wildman–Crippen LogP) is 2.83. The quantitative estimate of drug-likeness (QED) is 0.806. The zero-order valence-electron chi connectivity index (χ0n) is 14.9. The highest BCUT2D eigenvalue weighted by atomic mass is 16.6. The van der Waals surface area contributed by atoms with Crippen LogP contribution in [-0.2, 0) is 4.74 Å². The Morgan fingerprint density at radius 3 is 2.22 bits per heavy atom. The maximum atomic E-state index is 12.4. The summed E-state index contributed by atoms with van der Waals surface area (Å²) in [5.41, 5.74) is -0.483. The third kappa shape index (κ3) is 5.59. The molecule has 1 aliphatic carbocycles. The van der Waals surface area contributed by atoms with Crippen LogP contribution in [0.5, 0.6) is 0 Å². The van der Waals surface area contributed by atoms with E-state index in [0.29, 0.717) is 38.1 Å². The molecule has 1 saturated heterocycles. The Kier molecular flexibility index (Phi) is 5.76. The second kappa shape index (κ2) is 7.41. The van der Waals surface area contributed by atoms with Gasteiger partial charge in [-0.15, -0.1) is 0 Å². The lowest BCUT2D eigenvalue weighted by Crippen LogP contribution is -2.55. The molecule has 2 aliphatic rings. The number of amides is 3. The van der Waals surface area contributed by atoms with Crippen LogP contribution < -0.4 is 5.32 Å². The van der Waals surface area contributed by atoms with Crippen molar-refractivity contribution in [3.63, 3.8) is 0 Å². The summed E-state index contributed by atoms with van der Waals surface area (Å²) in [5.74, 6) is 0.693. The van der Waals surface area contributed by atoms with Crippen LogP contribution >= 0.6 is 0 Å². The van der Waals surface area contributed by atoms with Gasteiger partial charge in [0.05, 0.1) is 0 Å². The molecule has 132 valence electrons. The Morgan fingerprint density at radius 2 is 1.65 bits per heavy atom. The highest BCUT2D eigenvalue weighted by molar-refractivity contribution is 5.75. The van der Waals surface area contributed by atoms with Crippen molar-refractivity contribution in [3.05, 3.63) is 0 Å². The van der Waals surface area contributed by atoms with Crippen LogP contribution in [0, 0.1) is 5.92 Å². The number of hydrogen-bond donors (Lipinski definition) is 1. The SMILES string of the molecule is CC1CCCC(NC(=O)N2CCN(C(=O)OC(C)(C)C)CC2)C1. The zero-order chi connectivity index (χ0) is 17.0. The van der Waals surface area contributed by atoms with Gasteiger partial charge in [-0.25, -0.2) is 9.59 Å². The minimum atomic E-state index is -0.483. The Hall–Kier alpha value is -1.46. The molecule has 2 fully saturated rings. The number of carbonyl (C=O) groups is 2. The van der Waals surface area contributed by atoms with Crippen LogP contribution in [-0.4, -0.2) is 59.7 Å². The van der Waals surface area contributed by atoms with E-state index in [9.17, 15) is 9.59 Å². The smallest absolute Gasteiger partial charge is 0.410 e. The van der Waals surface area contributed by atoms with Crippen molar-refractivity contribution in [1.29, 1.82) is 0 Å². The number of hydrogen-bond acceptors (Lipinski definition) is 3. The molecule has 1 aliphatic heterocycles. The Bertz CT molecular complexity index is 425. The molecular weight excluding hydrogens is 294 g/mol. The fourth-order valence-corrected chi connectivity index (χ4v) is 3.25. The van der Waals surface area contributed by atoms with Crippen LogP contribution in [0.2, 0.25) is 0 Å². The molecule has 3 amide bonds. The van der Waals surface area contributed by atoms with Crippen LogP contribution in [0.15, 0.2) is 0 Å². The lowest BCUT2D eigenvalue weighted by molar-refractivity contribution is 0.0168. The van der Waals surface area contributed by atoms with Crippen molar-refractivity contribution in [2.45, 2.75) is 65.0 Å². The number of piperazine rings is 1. The number of rotatable bonds is 1. The largest absolute Gasteiger partial charge is 0.444 e. The molecule has 1 saturated carbocycles. The van der Waals surface area contributed by atoms with E-state index < -0.39 is 5.60 Å². The summed E-state index contributed by atoms with van der Waals surface area (Å²) in [6.45, 7) is 10.0. The lowest BCUT2D eigenvalue weighted by atomic mass is 9.87. The van der Waals surface area contributed by atoms with Gasteiger partial charge in [0, 0.05) is 32.2 Å². The van der Waals surface area contributed by atoms with Gasteiger partial charge in [0.2, 0.25) is 0 Å². The van der Waals surface area contributed by atoms with Gasteiger partial charge in [-0.2, -0.15) is 0 Å². The Morgan fingerprint density at radius 1 is 1.04 bits per heavy atom. The maximum absolute atomic E-state index is 12.4. The molecule has 0 bridgehead atoms. The third-order valence-corrected chi connectivity index (χ3v) is 4.48. The van der Waals surface area contributed by atoms with Crippen molar-refractivity contribution >= 4 is 12.1 Å². The first-order valence-electron chi connectivity index (χ1n) is 8.78. The fourth-order valence-electron chi connectivity index (χ4n) is 3.25. The molecule has 1 heterocycles.